The third-order valence-corrected chi connectivity index (χ3v) is 2.54. The molecule has 11 heavy (non-hydrogen) atoms. The van der Waals surface area contributed by atoms with E-state index in [-0.39, 0.29) is 0 Å². The molecule has 0 radical (unpaired) electrons. The van der Waals surface area contributed by atoms with Crippen LogP contribution in [0.25, 0.3) is 0 Å². The van der Waals surface area contributed by atoms with E-state index in [1.807, 2.05) is 27.7 Å². The van der Waals surface area contributed by atoms with E-state index in [4.69, 9.17) is 0 Å². The zero-order chi connectivity index (χ0) is 9.44. The lowest BCUT2D eigenvalue weighted by Crippen LogP contribution is -2.29. The van der Waals surface area contributed by atoms with Gasteiger partial charge in [0.25, 0.3) is 0 Å². The predicted octanol–water partition coefficient (Wildman–Crippen LogP) is 4.35. The van der Waals surface area contributed by atoms with Crippen molar-refractivity contribution in [3.63, 3.8) is 0 Å². The maximum absolute atomic E-state index is 2.35. The van der Waals surface area contributed by atoms with Gasteiger partial charge in [-0.1, -0.05) is 48.5 Å². The van der Waals surface area contributed by atoms with Crippen LogP contribution in [0.5, 0.6) is 0 Å². The highest BCUT2D eigenvalue weighted by Crippen LogP contribution is 2.38. The molecule has 1 saturated carbocycles. The molecule has 2 atom stereocenters. The molecule has 0 heterocycles. The Bertz CT molecular complexity index is 58.4. The van der Waals surface area contributed by atoms with E-state index in [0.29, 0.717) is 0 Å². The Morgan fingerprint density at radius 3 is 1.00 bits per heavy atom. The minimum atomic E-state index is 1.000. The van der Waals surface area contributed by atoms with Crippen LogP contribution in [0.15, 0.2) is 0 Å². The summed E-state index contributed by atoms with van der Waals surface area (Å²) in [6, 6.07) is 0. The highest BCUT2D eigenvalue weighted by Gasteiger charge is 2.29. The summed E-state index contributed by atoms with van der Waals surface area (Å²) < 4.78 is 0. The molecule has 0 bridgehead atoms. The Hall–Kier alpha value is 0. The van der Waals surface area contributed by atoms with Crippen molar-refractivity contribution in [1.29, 1.82) is 0 Å². The van der Waals surface area contributed by atoms with Crippen molar-refractivity contribution in [3.8, 4) is 0 Å². The molecule has 2 unspecified atom stereocenters. The van der Waals surface area contributed by atoms with E-state index in [2.05, 4.69) is 20.8 Å². The quantitative estimate of drug-likeness (QED) is 0.491. The molecule has 0 aliphatic heterocycles. The van der Waals surface area contributed by atoms with E-state index in [1.165, 1.54) is 6.42 Å². The third-order valence-electron chi connectivity index (χ3n) is 2.54. The molecule has 0 amide bonds. The summed E-state index contributed by atoms with van der Waals surface area (Å²) >= 11 is 0. The smallest absolute Gasteiger partial charge is 0.0391 e. The van der Waals surface area contributed by atoms with Crippen LogP contribution in [-0.2, 0) is 0 Å². The van der Waals surface area contributed by atoms with Crippen molar-refractivity contribution in [2.24, 2.45) is 17.8 Å². The summed E-state index contributed by atoms with van der Waals surface area (Å²) in [5, 5.41) is 0. The van der Waals surface area contributed by atoms with Crippen molar-refractivity contribution in [2.75, 3.05) is 0 Å². The van der Waals surface area contributed by atoms with E-state index in [1.54, 1.807) is 0 Å². The standard InChI is InChI=1S/C7H14.2C2H6/c1-5-4-6(2)7(5)3;2*1-2/h5-7H,4H2,1-3H3;2*1-2H3. The predicted molar refractivity (Wildman–Crippen MR) is 54.8 cm³/mol. The molecule has 0 heteroatoms. The average Bonchev–Trinajstić information content (AvgIpc) is 2.12. The zero-order valence-electron chi connectivity index (χ0n) is 9.44. The minimum Gasteiger partial charge on any atom is -0.0683 e. The Morgan fingerprint density at radius 2 is 1.00 bits per heavy atom. The Morgan fingerprint density at radius 1 is 0.727 bits per heavy atom. The first-order valence-electron chi connectivity index (χ1n) is 5.22. The summed E-state index contributed by atoms with van der Waals surface area (Å²) in [4.78, 5) is 0. The Kier molecular flexibility index (Phi) is 10.0. The molecular weight excluding hydrogens is 132 g/mol. The lowest BCUT2D eigenvalue weighted by atomic mass is 9.68. The molecule has 0 saturated heterocycles. The minimum absolute atomic E-state index is 1.000. The summed E-state index contributed by atoms with van der Waals surface area (Å²) in [5.41, 5.74) is 0. The monoisotopic (exact) mass is 158 g/mol. The van der Waals surface area contributed by atoms with Crippen molar-refractivity contribution >= 4 is 0 Å². The molecule has 0 aromatic rings. The van der Waals surface area contributed by atoms with Gasteiger partial charge in [0, 0.05) is 0 Å². The molecule has 0 aromatic heterocycles. The first-order chi connectivity index (χ1) is 5.22. The van der Waals surface area contributed by atoms with Crippen LogP contribution in [0.3, 0.4) is 0 Å². The highest BCUT2D eigenvalue weighted by molar-refractivity contribution is 4.79. The van der Waals surface area contributed by atoms with Crippen LogP contribution >= 0.6 is 0 Å². The third kappa shape index (κ3) is 4.44. The van der Waals surface area contributed by atoms with Gasteiger partial charge in [-0.25, -0.2) is 0 Å². The molecule has 0 spiro atoms. The fourth-order valence-electron chi connectivity index (χ4n) is 1.38. The van der Waals surface area contributed by atoms with Crippen LogP contribution in [-0.4, -0.2) is 0 Å². The summed E-state index contributed by atoms with van der Waals surface area (Å²) in [5.74, 6) is 3.02. The summed E-state index contributed by atoms with van der Waals surface area (Å²) in [6.07, 6.45) is 1.46. The molecule has 0 nitrogen and oxygen atoms in total. The molecule has 1 fully saturated rings. The molecule has 0 aromatic carbocycles. The maximum atomic E-state index is 2.35. The van der Waals surface area contributed by atoms with Crippen molar-refractivity contribution in [2.45, 2.75) is 54.9 Å². The van der Waals surface area contributed by atoms with Crippen LogP contribution in [0, 0.1) is 17.8 Å². The van der Waals surface area contributed by atoms with Crippen LogP contribution < -0.4 is 0 Å². The normalized spacial score (nSPS) is 33.5. The lowest BCUT2D eigenvalue weighted by molar-refractivity contribution is 0.120. The van der Waals surface area contributed by atoms with Crippen molar-refractivity contribution < 1.29 is 0 Å². The fraction of sp³-hybridized carbons (Fsp3) is 1.00. The van der Waals surface area contributed by atoms with E-state index < -0.39 is 0 Å². The van der Waals surface area contributed by atoms with E-state index in [0.717, 1.165) is 17.8 Å². The zero-order valence-corrected chi connectivity index (χ0v) is 9.44. The molecule has 1 rings (SSSR count). The second-order valence-corrected chi connectivity index (χ2v) is 3.05. The number of hydrogen-bond acceptors (Lipinski definition) is 0. The van der Waals surface area contributed by atoms with Gasteiger partial charge in [0.15, 0.2) is 0 Å². The maximum Gasteiger partial charge on any atom is -0.0391 e. The van der Waals surface area contributed by atoms with Crippen LogP contribution in [0.4, 0.5) is 0 Å². The van der Waals surface area contributed by atoms with Gasteiger partial charge < -0.3 is 0 Å². The highest BCUT2D eigenvalue weighted by atomic mass is 14.3. The van der Waals surface area contributed by atoms with Gasteiger partial charge in [-0.15, -0.1) is 0 Å². The first kappa shape index (κ1) is 13.6. The van der Waals surface area contributed by atoms with Gasteiger partial charge in [0.05, 0.1) is 0 Å². The van der Waals surface area contributed by atoms with Gasteiger partial charge in [0.1, 0.15) is 0 Å². The lowest BCUT2D eigenvalue weighted by Gasteiger charge is -2.38. The van der Waals surface area contributed by atoms with Gasteiger partial charge >= 0.3 is 0 Å². The number of hydrogen-bond donors (Lipinski definition) is 0. The van der Waals surface area contributed by atoms with Gasteiger partial charge in [0.2, 0.25) is 0 Å². The van der Waals surface area contributed by atoms with Crippen molar-refractivity contribution in [3.05, 3.63) is 0 Å². The van der Waals surface area contributed by atoms with Gasteiger partial charge in [-0.05, 0) is 24.2 Å². The second-order valence-electron chi connectivity index (χ2n) is 3.05. The summed E-state index contributed by atoms with van der Waals surface area (Å²) in [7, 11) is 0. The fourth-order valence-corrected chi connectivity index (χ4v) is 1.38. The molecular formula is C11H26. The first-order valence-corrected chi connectivity index (χ1v) is 5.22. The SMILES string of the molecule is CC.CC.CC1CC(C)C1C. The Labute approximate surface area is 73.4 Å². The van der Waals surface area contributed by atoms with Crippen LogP contribution in [0.1, 0.15) is 54.9 Å². The largest absolute Gasteiger partial charge is 0.0683 e. The summed E-state index contributed by atoms with van der Waals surface area (Å²) in [6.45, 7) is 15.0. The topological polar surface area (TPSA) is 0 Å². The second kappa shape index (κ2) is 8.10. The average molecular weight is 158 g/mol. The van der Waals surface area contributed by atoms with Gasteiger partial charge in [-0.2, -0.15) is 0 Å². The Balaban J connectivity index is 0. The van der Waals surface area contributed by atoms with Crippen molar-refractivity contribution in [1.82, 2.24) is 0 Å². The molecule has 0 N–H and O–H groups in total. The van der Waals surface area contributed by atoms with E-state index >= 15 is 0 Å². The molecule has 70 valence electrons. The van der Waals surface area contributed by atoms with E-state index in [9.17, 15) is 0 Å². The number of rotatable bonds is 0. The molecule has 1 aliphatic rings. The molecule has 1 aliphatic carbocycles. The van der Waals surface area contributed by atoms with Crippen LogP contribution in [0.2, 0.25) is 0 Å². The van der Waals surface area contributed by atoms with Gasteiger partial charge in [-0.3, -0.25) is 0 Å².